The molecule has 0 atom stereocenters. The summed E-state index contributed by atoms with van der Waals surface area (Å²) in [7, 11) is 1.96. The third-order valence-corrected chi connectivity index (χ3v) is 5.53. The second kappa shape index (κ2) is 8.86. The molecule has 0 amide bonds. The van der Waals surface area contributed by atoms with Gasteiger partial charge in [-0.15, -0.1) is 0 Å². The van der Waals surface area contributed by atoms with Gasteiger partial charge in [0.05, 0.1) is 36.5 Å². The van der Waals surface area contributed by atoms with Crippen LogP contribution in [-0.4, -0.2) is 33.8 Å². The molecule has 2 aromatic carbocycles. The van der Waals surface area contributed by atoms with Crippen molar-refractivity contribution in [1.29, 1.82) is 0 Å². The van der Waals surface area contributed by atoms with Crippen molar-refractivity contribution in [1.82, 2.24) is 14.5 Å². The Hall–Kier alpha value is -3.79. The van der Waals surface area contributed by atoms with Crippen LogP contribution in [0.3, 0.4) is 0 Å². The lowest BCUT2D eigenvalue weighted by Crippen LogP contribution is -2.40. The van der Waals surface area contributed by atoms with Crippen molar-refractivity contribution in [3.8, 4) is 11.5 Å². The van der Waals surface area contributed by atoms with Crippen molar-refractivity contribution in [2.75, 3.05) is 23.8 Å². The molecule has 1 aliphatic rings. The van der Waals surface area contributed by atoms with Crippen molar-refractivity contribution in [2.45, 2.75) is 18.8 Å². The van der Waals surface area contributed by atoms with Crippen molar-refractivity contribution in [3.63, 3.8) is 0 Å². The molecule has 176 valence electrons. The van der Waals surface area contributed by atoms with Crippen LogP contribution in [0.25, 0.3) is 11.0 Å². The molecule has 0 radical (unpaired) electrons. The molecule has 1 aliphatic heterocycles. The lowest BCUT2D eigenvalue weighted by atomic mass is 10.2. The Bertz CT molecular complexity index is 1280. The highest BCUT2D eigenvalue weighted by Crippen LogP contribution is 2.29. The average molecular weight is 469 g/mol. The van der Waals surface area contributed by atoms with E-state index in [1.54, 1.807) is 12.1 Å². The fourth-order valence-electron chi connectivity index (χ4n) is 3.59. The van der Waals surface area contributed by atoms with E-state index in [-0.39, 0.29) is 5.75 Å². The molecule has 0 bridgehead atoms. The molecule has 0 aliphatic carbocycles. The lowest BCUT2D eigenvalue weighted by molar-refractivity contribution is -0.141. The summed E-state index contributed by atoms with van der Waals surface area (Å²) in [6.07, 6.45) is -3.41. The van der Waals surface area contributed by atoms with Crippen LogP contribution in [0, 0.1) is 0 Å². The number of pyridine rings is 1. The molecule has 2 N–H and O–H groups in total. The Kier molecular flexibility index (Phi) is 5.74. The summed E-state index contributed by atoms with van der Waals surface area (Å²) in [6, 6.07) is 15.9. The fraction of sp³-hybridized carbons (Fsp3) is 0.250. The van der Waals surface area contributed by atoms with E-state index < -0.39 is 11.9 Å². The maximum Gasteiger partial charge on any atom is 0.433 e. The molecule has 4 aromatic rings. The van der Waals surface area contributed by atoms with Gasteiger partial charge in [0.15, 0.2) is 0 Å². The van der Waals surface area contributed by atoms with Crippen LogP contribution in [0.5, 0.6) is 11.5 Å². The van der Waals surface area contributed by atoms with E-state index in [1.165, 1.54) is 6.07 Å². The van der Waals surface area contributed by atoms with Crippen molar-refractivity contribution < 1.29 is 22.6 Å². The van der Waals surface area contributed by atoms with Crippen LogP contribution >= 0.6 is 0 Å². The topological polar surface area (TPSA) is 73.2 Å². The van der Waals surface area contributed by atoms with Gasteiger partial charge in [-0.2, -0.15) is 13.2 Å². The minimum atomic E-state index is -4.48. The summed E-state index contributed by atoms with van der Waals surface area (Å²) in [6.45, 7) is 1.99. The highest BCUT2D eigenvalue weighted by molar-refractivity contribution is 5.82. The highest BCUT2D eigenvalue weighted by Gasteiger charge is 2.32. The van der Waals surface area contributed by atoms with Crippen molar-refractivity contribution in [2.24, 2.45) is 7.05 Å². The Labute approximate surface area is 193 Å². The summed E-state index contributed by atoms with van der Waals surface area (Å²) in [5, 5.41) is 6.79. The first-order chi connectivity index (χ1) is 16.3. The molecule has 1 saturated heterocycles. The van der Waals surface area contributed by atoms with Crippen molar-refractivity contribution >= 4 is 22.7 Å². The number of aromatic nitrogens is 3. The van der Waals surface area contributed by atoms with Gasteiger partial charge in [-0.05, 0) is 48.0 Å². The summed E-state index contributed by atoms with van der Waals surface area (Å²) in [5.41, 5.74) is 2.99. The van der Waals surface area contributed by atoms with Gasteiger partial charge in [-0.1, -0.05) is 12.1 Å². The summed E-state index contributed by atoms with van der Waals surface area (Å²) < 4.78 is 50.7. The maximum atomic E-state index is 12.6. The minimum absolute atomic E-state index is 0.234. The molecule has 7 nitrogen and oxygen atoms in total. The van der Waals surface area contributed by atoms with Gasteiger partial charge in [0.2, 0.25) is 5.95 Å². The number of hydrogen-bond donors (Lipinski definition) is 2. The second-order valence-electron chi connectivity index (χ2n) is 8.05. The van der Waals surface area contributed by atoms with E-state index in [0.717, 1.165) is 53.7 Å². The number of halogens is 3. The van der Waals surface area contributed by atoms with Gasteiger partial charge in [0, 0.05) is 19.3 Å². The molecule has 3 heterocycles. The molecule has 1 fully saturated rings. The van der Waals surface area contributed by atoms with Crippen LogP contribution < -0.4 is 15.4 Å². The number of hydrogen-bond acceptors (Lipinski definition) is 6. The van der Waals surface area contributed by atoms with Gasteiger partial charge in [-0.3, -0.25) is 0 Å². The number of anilines is 2. The number of benzene rings is 2. The number of alkyl halides is 3. The SMILES string of the molecule is Cn1c(NCc2ccc(Oc3ccc(C(F)(F)F)nc3)cc2)nc2ccc(NC3COC3)cc21. The summed E-state index contributed by atoms with van der Waals surface area (Å²) in [4.78, 5) is 8.07. The van der Waals surface area contributed by atoms with E-state index in [2.05, 4.69) is 26.7 Å². The highest BCUT2D eigenvalue weighted by atomic mass is 19.4. The summed E-state index contributed by atoms with van der Waals surface area (Å²) >= 11 is 0. The first-order valence-electron chi connectivity index (χ1n) is 10.7. The quantitative estimate of drug-likeness (QED) is 0.388. The van der Waals surface area contributed by atoms with Crippen LogP contribution in [0.15, 0.2) is 60.8 Å². The van der Waals surface area contributed by atoms with Crippen molar-refractivity contribution in [3.05, 3.63) is 72.1 Å². The largest absolute Gasteiger partial charge is 0.456 e. The number of ether oxygens (including phenoxy) is 2. The molecule has 0 saturated carbocycles. The van der Waals surface area contributed by atoms with E-state index >= 15 is 0 Å². The van der Waals surface area contributed by atoms with E-state index in [1.807, 2.05) is 35.9 Å². The average Bonchev–Trinajstić information content (AvgIpc) is 3.11. The van der Waals surface area contributed by atoms with Gasteiger partial charge >= 0.3 is 6.18 Å². The molecular weight excluding hydrogens is 447 g/mol. The monoisotopic (exact) mass is 469 g/mol. The Morgan fingerprint density at radius 1 is 1.06 bits per heavy atom. The fourth-order valence-corrected chi connectivity index (χ4v) is 3.59. The van der Waals surface area contributed by atoms with Gasteiger partial charge < -0.3 is 24.7 Å². The normalized spacial score (nSPS) is 14.1. The predicted octanol–water partition coefficient (Wildman–Crippen LogP) is 5.20. The molecule has 10 heteroatoms. The van der Waals surface area contributed by atoms with Crippen LogP contribution in [0.4, 0.5) is 24.8 Å². The predicted molar refractivity (Wildman–Crippen MR) is 122 cm³/mol. The van der Waals surface area contributed by atoms with Gasteiger partial charge in [-0.25, -0.2) is 9.97 Å². The van der Waals surface area contributed by atoms with E-state index in [4.69, 9.17) is 9.47 Å². The molecular formula is C24H22F3N5O2. The lowest BCUT2D eigenvalue weighted by Gasteiger charge is -2.27. The Morgan fingerprint density at radius 3 is 2.47 bits per heavy atom. The summed E-state index contributed by atoms with van der Waals surface area (Å²) in [5.74, 6) is 1.48. The minimum Gasteiger partial charge on any atom is -0.456 e. The number of nitrogens with one attached hydrogen (secondary N) is 2. The van der Waals surface area contributed by atoms with E-state index in [0.29, 0.717) is 18.3 Å². The molecule has 0 spiro atoms. The number of rotatable bonds is 7. The number of fused-ring (bicyclic) bond motifs is 1. The molecule has 0 unspecified atom stereocenters. The molecule has 5 rings (SSSR count). The standard InChI is InChI=1S/C24H22F3N5O2/c1-32-21-10-16(30-17-13-33-14-17)4-8-20(21)31-23(32)29-11-15-2-5-18(6-3-15)34-19-7-9-22(28-12-19)24(25,26)27/h2-10,12,17,30H,11,13-14H2,1H3,(H,29,31). The first-order valence-corrected chi connectivity index (χ1v) is 10.7. The number of imidazole rings is 1. The van der Waals surface area contributed by atoms with E-state index in [9.17, 15) is 13.2 Å². The second-order valence-corrected chi connectivity index (χ2v) is 8.05. The number of aryl methyl sites for hydroxylation is 1. The molecule has 34 heavy (non-hydrogen) atoms. The third kappa shape index (κ3) is 4.76. The van der Waals surface area contributed by atoms with Crippen LogP contribution in [-0.2, 0) is 24.5 Å². The number of nitrogens with zero attached hydrogens (tertiary/aromatic N) is 3. The van der Waals surface area contributed by atoms with Crippen LogP contribution in [0.2, 0.25) is 0 Å². The van der Waals surface area contributed by atoms with Gasteiger partial charge in [0.1, 0.15) is 17.2 Å². The third-order valence-electron chi connectivity index (χ3n) is 5.53. The van der Waals surface area contributed by atoms with Crippen LogP contribution in [0.1, 0.15) is 11.3 Å². The Balaban J connectivity index is 1.21. The zero-order valence-corrected chi connectivity index (χ0v) is 18.3. The zero-order valence-electron chi connectivity index (χ0n) is 18.3. The smallest absolute Gasteiger partial charge is 0.433 e. The molecule has 2 aromatic heterocycles. The Morgan fingerprint density at radius 2 is 1.82 bits per heavy atom. The maximum absolute atomic E-state index is 12.6. The van der Waals surface area contributed by atoms with Gasteiger partial charge in [0.25, 0.3) is 0 Å². The zero-order chi connectivity index (χ0) is 23.7. The first kappa shape index (κ1) is 22.0.